The van der Waals surface area contributed by atoms with Gasteiger partial charge in [0.15, 0.2) is 13.3 Å². The van der Waals surface area contributed by atoms with E-state index in [0.29, 0.717) is 19.5 Å². The van der Waals surface area contributed by atoms with E-state index in [0.717, 1.165) is 6.54 Å². The summed E-state index contributed by atoms with van der Waals surface area (Å²) in [5.41, 5.74) is -0.0973. The fourth-order valence-corrected chi connectivity index (χ4v) is 2.68. The van der Waals surface area contributed by atoms with Gasteiger partial charge in [-0.1, -0.05) is 0 Å². The molecule has 18 heavy (non-hydrogen) atoms. The quantitative estimate of drug-likeness (QED) is 0.563. The number of likely N-dealkylation sites (N-methyl/N-ethyl adjacent to an activating group) is 1. The van der Waals surface area contributed by atoms with Crippen LogP contribution in [0.5, 0.6) is 0 Å². The number of rotatable bonds is 3. The summed E-state index contributed by atoms with van der Waals surface area (Å²) in [6.07, 6.45) is 4.28. The molecular formula is C12H20N2O3P+. The molecule has 1 rings (SSSR count). The van der Waals surface area contributed by atoms with Gasteiger partial charge in [0.25, 0.3) is 0 Å². The van der Waals surface area contributed by atoms with E-state index < -0.39 is 25.2 Å². The van der Waals surface area contributed by atoms with Crippen LogP contribution < -0.4 is 0 Å². The second-order valence-corrected chi connectivity index (χ2v) is 6.48. The predicted molar refractivity (Wildman–Crippen MR) is 73.7 cm³/mol. The third kappa shape index (κ3) is 3.47. The molecule has 1 saturated heterocycles. The first kappa shape index (κ1) is 15.0. The number of ketones is 2. The highest BCUT2D eigenvalue weighted by Gasteiger charge is 2.37. The maximum absolute atomic E-state index is 12.1. The van der Waals surface area contributed by atoms with E-state index >= 15 is 0 Å². The van der Waals surface area contributed by atoms with Crippen molar-refractivity contribution in [3.63, 3.8) is 0 Å². The van der Waals surface area contributed by atoms with E-state index in [9.17, 15) is 14.4 Å². The SMILES string of the molecule is C=[P+](C)C(=O)N1CCN(C)CCC1C(=O)C(C)=O. The van der Waals surface area contributed by atoms with E-state index in [4.69, 9.17) is 0 Å². The molecule has 1 heterocycles. The maximum Gasteiger partial charge on any atom is 0.419 e. The number of carbonyl (C=O) groups is 3. The van der Waals surface area contributed by atoms with Crippen LogP contribution in [-0.4, -0.2) is 72.7 Å². The van der Waals surface area contributed by atoms with Crippen LogP contribution in [0.1, 0.15) is 13.3 Å². The van der Waals surface area contributed by atoms with Crippen LogP contribution in [0.4, 0.5) is 4.79 Å². The average Bonchev–Trinajstić information content (AvgIpc) is 2.49. The minimum absolute atomic E-state index is 0.0973. The summed E-state index contributed by atoms with van der Waals surface area (Å²) in [7, 11) is 0.920. The highest BCUT2D eigenvalue weighted by Crippen LogP contribution is 2.24. The van der Waals surface area contributed by atoms with E-state index in [1.165, 1.54) is 6.92 Å². The fourth-order valence-electron chi connectivity index (χ4n) is 2.00. The Hall–Kier alpha value is -1.06. The summed E-state index contributed by atoms with van der Waals surface area (Å²) in [6.45, 7) is 4.95. The molecule has 0 aromatic carbocycles. The molecule has 2 unspecified atom stereocenters. The van der Waals surface area contributed by atoms with Crippen molar-refractivity contribution in [3.8, 4) is 0 Å². The highest BCUT2D eigenvalue weighted by atomic mass is 31.1. The number of hydrogen-bond acceptors (Lipinski definition) is 4. The van der Waals surface area contributed by atoms with Gasteiger partial charge in [0, 0.05) is 26.6 Å². The molecule has 2 atom stereocenters. The molecular weight excluding hydrogens is 251 g/mol. The van der Waals surface area contributed by atoms with Crippen molar-refractivity contribution >= 4 is 31.1 Å². The van der Waals surface area contributed by atoms with Crippen LogP contribution in [0.15, 0.2) is 0 Å². The summed E-state index contributed by atoms with van der Waals surface area (Å²) in [5.74, 6) is -0.942. The van der Waals surface area contributed by atoms with Crippen LogP contribution >= 0.6 is 7.55 Å². The van der Waals surface area contributed by atoms with Crippen LogP contribution in [0.25, 0.3) is 0 Å². The molecule has 0 radical (unpaired) electrons. The van der Waals surface area contributed by atoms with Crippen molar-refractivity contribution in [1.29, 1.82) is 0 Å². The normalized spacial score (nSPS) is 22.3. The van der Waals surface area contributed by atoms with Gasteiger partial charge in [0.05, 0.1) is 6.30 Å². The van der Waals surface area contributed by atoms with Gasteiger partial charge >= 0.3 is 5.65 Å². The summed E-state index contributed by atoms with van der Waals surface area (Å²) in [5, 5.41) is 0. The number of nitrogens with zero attached hydrogens (tertiary/aromatic N) is 2. The van der Waals surface area contributed by atoms with Crippen LogP contribution in [-0.2, 0) is 9.59 Å². The molecule has 0 bridgehead atoms. The van der Waals surface area contributed by atoms with Gasteiger partial charge in [-0.3, -0.25) is 14.5 Å². The van der Waals surface area contributed by atoms with Gasteiger partial charge < -0.3 is 4.90 Å². The minimum Gasteiger partial charge on any atom is -0.305 e. The van der Waals surface area contributed by atoms with Crippen molar-refractivity contribution in [2.24, 2.45) is 0 Å². The summed E-state index contributed by atoms with van der Waals surface area (Å²) in [4.78, 5) is 38.9. The van der Waals surface area contributed by atoms with Crippen molar-refractivity contribution < 1.29 is 14.4 Å². The molecule has 0 aromatic rings. The van der Waals surface area contributed by atoms with Crippen molar-refractivity contribution in [1.82, 2.24) is 9.80 Å². The summed E-state index contributed by atoms with van der Waals surface area (Å²) < 4.78 is 0. The Labute approximate surface area is 109 Å². The van der Waals surface area contributed by atoms with E-state index in [1.807, 2.05) is 7.05 Å². The third-order valence-corrected chi connectivity index (χ3v) is 4.01. The van der Waals surface area contributed by atoms with Crippen molar-refractivity contribution in [2.45, 2.75) is 19.4 Å². The first-order chi connectivity index (χ1) is 8.34. The predicted octanol–water partition coefficient (Wildman–Crippen LogP) is 0.814. The van der Waals surface area contributed by atoms with Gasteiger partial charge in [-0.05, 0) is 13.5 Å². The smallest absolute Gasteiger partial charge is 0.305 e. The van der Waals surface area contributed by atoms with Crippen LogP contribution in [0.2, 0.25) is 0 Å². The summed E-state index contributed by atoms with van der Waals surface area (Å²) >= 11 is 0. The molecule has 1 amide bonds. The third-order valence-electron chi connectivity index (χ3n) is 3.10. The Morgan fingerprint density at radius 2 is 1.83 bits per heavy atom. The molecule has 0 aliphatic carbocycles. The molecule has 0 spiro atoms. The zero-order chi connectivity index (χ0) is 13.9. The Kier molecular flexibility index (Phi) is 5.17. The van der Waals surface area contributed by atoms with E-state index in [-0.39, 0.29) is 5.65 Å². The molecule has 1 aliphatic heterocycles. The lowest BCUT2D eigenvalue weighted by Crippen LogP contribution is -2.46. The van der Waals surface area contributed by atoms with E-state index in [2.05, 4.69) is 11.2 Å². The zero-order valence-corrected chi connectivity index (χ0v) is 12.1. The fraction of sp³-hybridized carbons (Fsp3) is 0.667. The van der Waals surface area contributed by atoms with Gasteiger partial charge in [0.2, 0.25) is 5.78 Å². The second kappa shape index (κ2) is 6.21. The number of carbonyl (C=O) groups excluding carboxylic acids is 3. The minimum atomic E-state index is -1.03. The Bertz CT molecular complexity index is 359. The number of amides is 1. The monoisotopic (exact) mass is 271 g/mol. The molecule has 0 saturated carbocycles. The molecule has 0 N–H and O–H groups in total. The maximum atomic E-state index is 12.1. The molecule has 5 nitrogen and oxygen atoms in total. The average molecular weight is 271 g/mol. The zero-order valence-electron chi connectivity index (χ0n) is 11.2. The van der Waals surface area contributed by atoms with Gasteiger partial charge in [-0.15, -0.1) is 0 Å². The van der Waals surface area contributed by atoms with Gasteiger partial charge in [0.1, 0.15) is 12.7 Å². The van der Waals surface area contributed by atoms with Crippen LogP contribution in [0, 0.1) is 0 Å². The number of Topliss-reactive ketones (excluding diaryl/α,β-unsaturated/α-hetero) is 2. The highest BCUT2D eigenvalue weighted by molar-refractivity contribution is 7.71. The van der Waals surface area contributed by atoms with Crippen molar-refractivity contribution in [2.75, 3.05) is 33.3 Å². The first-order valence-corrected chi connectivity index (χ1v) is 7.90. The Balaban J connectivity index is 2.98. The van der Waals surface area contributed by atoms with Crippen molar-refractivity contribution in [3.05, 3.63) is 0 Å². The standard InChI is InChI=1S/C12H20N2O3P/c1-9(15)11(16)10-5-6-13(2)7-8-14(10)12(17)18(3)4/h10H,3,5-8H2,1-2,4H3/q+1. The Morgan fingerprint density at radius 3 is 2.33 bits per heavy atom. The molecule has 0 aromatic heterocycles. The van der Waals surface area contributed by atoms with E-state index in [1.54, 1.807) is 11.6 Å². The molecule has 1 aliphatic rings. The number of hydrogen-bond donors (Lipinski definition) is 0. The Morgan fingerprint density at radius 1 is 1.22 bits per heavy atom. The van der Waals surface area contributed by atoms with Gasteiger partial charge in [-0.2, -0.15) is 0 Å². The topological polar surface area (TPSA) is 57.7 Å². The largest absolute Gasteiger partial charge is 0.419 e. The molecule has 100 valence electrons. The first-order valence-electron chi connectivity index (χ1n) is 5.92. The lowest BCUT2D eigenvalue weighted by molar-refractivity contribution is -0.137. The lowest BCUT2D eigenvalue weighted by atomic mass is 10.1. The summed E-state index contributed by atoms with van der Waals surface area (Å²) in [6, 6.07) is -0.605. The van der Waals surface area contributed by atoms with Gasteiger partial charge in [-0.25, -0.2) is 4.79 Å². The van der Waals surface area contributed by atoms with Crippen LogP contribution in [0.3, 0.4) is 0 Å². The lowest BCUT2D eigenvalue weighted by Gasteiger charge is -2.24. The molecule has 1 fully saturated rings. The molecule has 6 heteroatoms. The second-order valence-electron chi connectivity index (χ2n) is 4.70.